The van der Waals surface area contributed by atoms with Gasteiger partial charge in [0, 0.05) is 6.61 Å². The van der Waals surface area contributed by atoms with Crippen molar-refractivity contribution in [3.8, 4) is 0 Å². The minimum Gasteiger partial charge on any atom is -0.469 e. The highest BCUT2D eigenvalue weighted by Gasteiger charge is 2.50. The second-order valence-corrected chi connectivity index (χ2v) is 23.3. The molecule has 0 heterocycles. The third-order valence-electron chi connectivity index (χ3n) is 10.6. The SMILES string of the molecule is COC(=O)[C@@H](C)Cc1cccc([C@@](C)(CCCC(C)(C)CS(=O)(=O)CCO[Si](c2ccccc2)(c2ccccc2)C(C)(C)C)C(=O)OCc2ccccc2)c1. The molecule has 0 fully saturated rings. The van der Waals surface area contributed by atoms with Gasteiger partial charge in [-0.3, -0.25) is 9.59 Å². The molecule has 2 atom stereocenters. The molecule has 55 heavy (non-hydrogen) atoms. The lowest BCUT2D eigenvalue weighted by Crippen LogP contribution is -2.66. The van der Waals surface area contributed by atoms with Crippen LogP contribution in [0.3, 0.4) is 0 Å². The molecule has 7 nitrogen and oxygen atoms in total. The first-order valence-electron chi connectivity index (χ1n) is 19.3. The van der Waals surface area contributed by atoms with Gasteiger partial charge in [-0.05, 0) is 63.7 Å². The van der Waals surface area contributed by atoms with Crippen molar-refractivity contribution in [1.82, 2.24) is 0 Å². The van der Waals surface area contributed by atoms with E-state index in [4.69, 9.17) is 13.9 Å². The molecule has 0 bridgehead atoms. The molecule has 0 aliphatic heterocycles. The summed E-state index contributed by atoms with van der Waals surface area (Å²) in [5.41, 5.74) is 1.06. The van der Waals surface area contributed by atoms with E-state index in [0.717, 1.165) is 27.1 Å². The Morgan fingerprint density at radius 1 is 0.727 bits per heavy atom. The van der Waals surface area contributed by atoms with Crippen LogP contribution in [-0.4, -0.2) is 53.9 Å². The van der Waals surface area contributed by atoms with Crippen LogP contribution in [-0.2, 0) is 51.8 Å². The van der Waals surface area contributed by atoms with Gasteiger partial charge in [0.2, 0.25) is 0 Å². The van der Waals surface area contributed by atoms with Crippen molar-refractivity contribution in [2.75, 3.05) is 25.2 Å². The first-order valence-corrected chi connectivity index (χ1v) is 23.0. The fraction of sp³-hybridized carbons (Fsp3) is 0.435. The van der Waals surface area contributed by atoms with Crippen molar-refractivity contribution >= 4 is 40.5 Å². The minimum atomic E-state index is -3.50. The van der Waals surface area contributed by atoms with Gasteiger partial charge >= 0.3 is 11.9 Å². The number of esters is 2. The Labute approximate surface area is 330 Å². The van der Waals surface area contributed by atoms with Gasteiger partial charge in [0.05, 0.1) is 29.9 Å². The standard InChI is InChI=1S/C46H60O7SSi/c1-36(42(47)51-8)32-38-22-18-23-39(33-38)46(7,43(48)52-34-37-20-12-9-13-21-37)29-19-28-45(5,6)35-54(49,50)31-30-53-55(44(2,3)4,40-24-14-10-15-25-40)41-26-16-11-17-27-41/h9-18,20-27,33,36H,19,28-32,34-35H2,1-8H3/t36-,46+/m0/s1. The van der Waals surface area contributed by atoms with Crippen molar-refractivity contribution < 1.29 is 31.9 Å². The lowest BCUT2D eigenvalue weighted by molar-refractivity contribution is -0.152. The molecule has 0 aromatic heterocycles. The number of hydrogen-bond donors (Lipinski definition) is 0. The fourth-order valence-electron chi connectivity index (χ4n) is 7.67. The van der Waals surface area contributed by atoms with Crippen LogP contribution in [0.1, 0.15) is 84.4 Å². The molecule has 0 aliphatic rings. The maximum atomic E-state index is 14.0. The van der Waals surface area contributed by atoms with Gasteiger partial charge in [-0.1, -0.05) is 163 Å². The first kappa shape index (κ1) is 43.7. The van der Waals surface area contributed by atoms with Gasteiger partial charge in [0.25, 0.3) is 8.32 Å². The summed E-state index contributed by atoms with van der Waals surface area (Å²) >= 11 is 0. The summed E-state index contributed by atoms with van der Waals surface area (Å²) in [6.45, 7) is 14.5. The predicted octanol–water partition coefficient (Wildman–Crippen LogP) is 8.23. The summed E-state index contributed by atoms with van der Waals surface area (Å²) in [4.78, 5) is 26.2. The third-order valence-corrected chi connectivity index (χ3v) is 17.7. The molecule has 4 aromatic carbocycles. The minimum absolute atomic E-state index is 0.000176. The van der Waals surface area contributed by atoms with Gasteiger partial charge in [-0.2, -0.15) is 0 Å². The zero-order valence-electron chi connectivity index (χ0n) is 34.0. The molecule has 0 N–H and O–H groups in total. The monoisotopic (exact) mass is 784 g/mol. The zero-order chi connectivity index (χ0) is 40.3. The number of benzene rings is 4. The van der Waals surface area contributed by atoms with Crippen LogP contribution in [0.15, 0.2) is 115 Å². The Morgan fingerprint density at radius 2 is 1.27 bits per heavy atom. The van der Waals surface area contributed by atoms with Crippen LogP contribution in [0.2, 0.25) is 5.04 Å². The van der Waals surface area contributed by atoms with E-state index in [0.29, 0.717) is 25.7 Å². The number of ether oxygens (including phenoxy) is 2. The van der Waals surface area contributed by atoms with Crippen molar-refractivity contribution in [3.05, 3.63) is 132 Å². The number of carbonyl (C=O) groups is 2. The predicted molar refractivity (Wildman–Crippen MR) is 225 cm³/mol. The summed E-state index contributed by atoms with van der Waals surface area (Å²) < 4.78 is 45.4. The molecule has 0 radical (unpaired) electrons. The molecule has 296 valence electrons. The quantitative estimate of drug-likeness (QED) is 0.0699. The molecule has 0 unspecified atom stereocenters. The number of methoxy groups -OCH3 is 1. The number of hydrogen-bond acceptors (Lipinski definition) is 7. The summed E-state index contributed by atoms with van der Waals surface area (Å²) in [6.07, 6.45) is 2.11. The maximum Gasteiger partial charge on any atom is 0.316 e. The molecule has 0 spiro atoms. The van der Waals surface area contributed by atoms with Crippen LogP contribution < -0.4 is 10.4 Å². The molecular weight excluding hydrogens is 725 g/mol. The lowest BCUT2D eigenvalue weighted by Gasteiger charge is -2.43. The van der Waals surface area contributed by atoms with Crippen molar-refractivity contribution in [1.29, 1.82) is 0 Å². The summed E-state index contributed by atoms with van der Waals surface area (Å²) in [5.74, 6) is -1.06. The van der Waals surface area contributed by atoms with Crippen molar-refractivity contribution in [2.24, 2.45) is 11.3 Å². The largest absolute Gasteiger partial charge is 0.469 e. The highest BCUT2D eigenvalue weighted by atomic mass is 32.2. The Hall–Kier alpha value is -4.05. The topological polar surface area (TPSA) is 96.0 Å². The molecule has 4 rings (SSSR count). The first-order chi connectivity index (χ1) is 25.9. The van der Waals surface area contributed by atoms with Crippen molar-refractivity contribution in [2.45, 2.75) is 91.2 Å². The fourth-order valence-corrected chi connectivity index (χ4v) is 14.2. The summed E-state index contributed by atoms with van der Waals surface area (Å²) in [5, 5.41) is 1.97. The van der Waals surface area contributed by atoms with Crippen molar-refractivity contribution in [3.63, 3.8) is 0 Å². The van der Waals surface area contributed by atoms with E-state index in [-0.39, 0.29) is 47.6 Å². The van der Waals surface area contributed by atoms with Crippen LogP contribution in [0.25, 0.3) is 0 Å². The highest BCUT2D eigenvalue weighted by Crippen LogP contribution is 2.38. The number of carbonyl (C=O) groups excluding carboxylic acids is 2. The van der Waals surface area contributed by atoms with Gasteiger partial charge in [-0.15, -0.1) is 0 Å². The Balaban J connectivity index is 1.48. The number of sulfone groups is 1. The zero-order valence-corrected chi connectivity index (χ0v) is 35.8. The van der Waals surface area contributed by atoms with Gasteiger partial charge in [0.1, 0.15) is 6.61 Å². The van der Waals surface area contributed by atoms with E-state index in [1.54, 1.807) is 0 Å². The molecular formula is C46H60O7SSi. The molecule has 9 heteroatoms. The van der Waals surface area contributed by atoms with E-state index in [1.807, 2.05) is 119 Å². The van der Waals surface area contributed by atoms with E-state index >= 15 is 0 Å². The summed E-state index contributed by atoms with van der Waals surface area (Å²) in [7, 11) is -5.00. The second kappa shape index (κ2) is 18.7. The van der Waals surface area contributed by atoms with E-state index in [9.17, 15) is 18.0 Å². The molecule has 0 aliphatic carbocycles. The Kier molecular flexibility index (Phi) is 14.9. The Bertz CT molecular complexity index is 1900. The van der Waals surface area contributed by atoms with Gasteiger partial charge in [0.15, 0.2) is 9.84 Å². The van der Waals surface area contributed by atoms with Gasteiger partial charge in [-0.25, -0.2) is 8.42 Å². The molecule has 0 amide bonds. The average Bonchev–Trinajstić information content (AvgIpc) is 3.15. The molecule has 0 saturated carbocycles. The second-order valence-electron chi connectivity index (χ2n) is 16.8. The van der Waals surface area contributed by atoms with E-state index in [2.05, 4.69) is 45.0 Å². The highest BCUT2D eigenvalue weighted by molar-refractivity contribution is 7.91. The third kappa shape index (κ3) is 11.5. The van der Waals surface area contributed by atoms with Crippen LogP contribution in [0.4, 0.5) is 0 Å². The normalized spacial score (nSPS) is 14.1. The smallest absolute Gasteiger partial charge is 0.316 e. The Morgan fingerprint density at radius 3 is 1.82 bits per heavy atom. The van der Waals surface area contributed by atoms with E-state index in [1.165, 1.54) is 7.11 Å². The molecule has 4 aromatic rings. The van der Waals surface area contributed by atoms with Crippen LogP contribution in [0.5, 0.6) is 0 Å². The van der Waals surface area contributed by atoms with Crippen LogP contribution in [0, 0.1) is 11.3 Å². The lowest BCUT2D eigenvalue weighted by atomic mass is 9.75. The van der Waals surface area contributed by atoms with E-state index < -0.39 is 29.0 Å². The molecule has 0 saturated heterocycles. The van der Waals surface area contributed by atoms with Crippen LogP contribution >= 0.6 is 0 Å². The number of rotatable bonds is 19. The average molecular weight is 785 g/mol. The maximum absolute atomic E-state index is 14.0. The van der Waals surface area contributed by atoms with Gasteiger partial charge < -0.3 is 13.9 Å². The summed E-state index contributed by atoms with van der Waals surface area (Å²) in [6, 6.07) is 37.8.